The standard InChI is InChI=1S/C13H16N2/c1-4-11(9-14-7-1)12-6-5-10-3-2-8-15-13(10)12/h1,4,6-7,9-10,13,15H,2-3,5,8H2. The molecule has 2 heterocycles. The second-order valence-electron chi connectivity index (χ2n) is 4.47. The van der Waals surface area contributed by atoms with Gasteiger partial charge < -0.3 is 5.32 Å². The van der Waals surface area contributed by atoms with E-state index < -0.39 is 0 Å². The fraction of sp³-hybridized carbons (Fsp3) is 0.462. The molecule has 0 spiro atoms. The van der Waals surface area contributed by atoms with Gasteiger partial charge in [-0.2, -0.15) is 0 Å². The van der Waals surface area contributed by atoms with Crippen molar-refractivity contribution in [2.24, 2.45) is 5.92 Å². The molecular formula is C13H16N2. The molecule has 1 N–H and O–H groups in total. The highest BCUT2D eigenvalue weighted by Crippen LogP contribution is 2.36. The van der Waals surface area contributed by atoms with Gasteiger partial charge in [0.15, 0.2) is 0 Å². The van der Waals surface area contributed by atoms with E-state index in [-0.39, 0.29) is 0 Å². The molecule has 2 nitrogen and oxygen atoms in total. The molecule has 0 radical (unpaired) electrons. The highest BCUT2D eigenvalue weighted by atomic mass is 14.9. The second kappa shape index (κ2) is 3.78. The molecule has 2 aliphatic rings. The van der Waals surface area contributed by atoms with Crippen molar-refractivity contribution in [2.45, 2.75) is 25.3 Å². The van der Waals surface area contributed by atoms with Crippen molar-refractivity contribution in [3.8, 4) is 0 Å². The van der Waals surface area contributed by atoms with E-state index in [4.69, 9.17) is 0 Å². The number of nitrogens with one attached hydrogen (secondary N) is 1. The summed E-state index contributed by atoms with van der Waals surface area (Å²) in [5.74, 6) is 0.828. The molecule has 1 aromatic heterocycles. The number of aromatic nitrogens is 1. The van der Waals surface area contributed by atoms with E-state index in [2.05, 4.69) is 22.4 Å². The van der Waals surface area contributed by atoms with Crippen LogP contribution in [0.3, 0.4) is 0 Å². The molecule has 0 amide bonds. The SMILES string of the molecule is C1=C(c2cccnc2)C2NCCCC2C1. The number of fused-ring (bicyclic) bond motifs is 1. The fourth-order valence-electron chi connectivity index (χ4n) is 2.81. The fourth-order valence-corrected chi connectivity index (χ4v) is 2.81. The Morgan fingerprint density at radius 2 is 2.40 bits per heavy atom. The van der Waals surface area contributed by atoms with Crippen LogP contribution in [0.25, 0.3) is 5.57 Å². The van der Waals surface area contributed by atoms with Crippen LogP contribution in [0.4, 0.5) is 0 Å². The normalized spacial score (nSPS) is 29.7. The first-order valence-corrected chi connectivity index (χ1v) is 5.79. The molecule has 78 valence electrons. The monoisotopic (exact) mass is 200 g/mol. The number of rotatable bonds is 1. The smallest absolute Gasteiger partial charge is 0.0354 e. The third-order valence-corrected chi connectivity index (χ3v) is 3.56. The van der Waals surface area contributed by atoms with Crippen LogP contribution in [-0.4, -0.2) is 17.6 Å². The molecule has 0 bridgehead atoms. The molecule has 1 aromatic rings. The lowest BCUT2D eigenvalue weighted by molar-refractivity contribution is 0.346. The summed E-state index contributed by atoms with van der Waals surface area (Å²) in [5, 5.41) is 3.63. The summed E-state index contributed by atoms with van der Waals surface area (Å²) in [6.45, 7) is 1.17. The minimum Gasteiger partial charge on any atom is -0.310 e. The van der Waals surface area contributed by atoms with Crippen molar-refractivity contribution in [2.75, 3.05) is 6.54 Å². The van der Waals surface area contributed by atoms with Gasteiger partial charge in [0.1, 0.15) is 0 Å². The first-order valence-electron chi connectivity index (χ1n) is 5.79. The third-order valence-electron chi connectivity index (χ3n) is 3.56. The first-order chi connectivity index (χ1) is 7.45. The van der Waals surface area contributed by atoms with Gasteiger partial charge in [-0.15, -0.1) is 0 Å². The van der Waals surface area contributed by atoms with Crippen LogP contribution < -0.4 is 5.32 Å². The zero-order valence-corrected chi connectivity index (χ0v) is 8.82. The molecule has 1 saturated heterocycles. The molecule has 15 heavy (non-hydrogen) atoms. The molecule has 2 heteroatoms. The van der Waals surface area contributed by atoms with E-state index in [1.165, 1.54) is 36.9 Å². The molecule has 1 fully saturated rings. The van der Waals surface area contributed by atoms with Crippen LogP contribution in [0.1, 0.15) is 24.8 Å². The molecule has 1 aliphatic heterocycles. The Morgan fingerprint density at radius 3 is 3.27 bits per heavy atom. The Balaban J connectivity index is 1.88. The average molecular weight is 200 g/mol. The molecular weight excluding hydrogens is 184 g/mol. The molecule has 3 rings (SSSR count). The highest BCUT2D eigenvalue weighted by Gasteiger charge is 2.31. The van der Waals surface area contributed by atoms with E-state index in [1.807, 2.05) is 18.5 Å². The van der Waals surface area contributed by atoms with E-state index in [9.17, 15) is 0 Å². The summed E-state index contributed by atoms with van der Waals surface area (Å²) in [4.78, 5) is 4.20. The van der Waals surface area contributed by atoms with Crippen LogP contribution in [0, 0.1) is 5.92 Å². The lowest BCUT2D eigenvalue weighted by Crippen LogP contribution is -2.39. The van der Waals surface area contributed by atoms with Crippen molar-refractivity contribution in [1.82, 2.24) is 10.3 Å². The van der Waals surface area contributed by atoms with Crippen molar-refractivity contribution in [3.05, 3.63) is 36.2 Å². The Hall–Kier alpha value is -1.15. The summed E-state index contributed by atoms with van der Waals surface area (Å²) < 4.78 is 0. The van der Waals surface area contributed by atoms with Crippen molar-refractivity contribution in [3.63, 3.8) is 0 Å². The van der Waals surface area contributed by atoms with Gasteiger partial charge in [-0.1, -0.05) is 12.1 Å². The Labute approximate surface area is 90.4 Å². The number of hydrogen-bond acceptors (Lipinski definition) is 2. The van der Waals surface area contributed by atoms with Gasteiger partial charge in [0, 0.05) is 18.4 Å². The van der Waals surface area contributed by atoms with Gasteiger partial charge in [-0.25, -0.2) is 0 Å². The van der Waals surface area contributed by atoms with Gasteiger partial charge in [0.2, 0.25) is 0 Å². The van der Waals surface area contributed by atoms with Crippen molar-refractivity contribution >= 4 is 5.57 Å². The molecule has 2 atom stereocenters. The minimum atomic E-state index is 0.586. The minimum absolute atomic E-state index is 0.586. The maximum Gasteiger partial charge on any atom is 0.0354 e. The molecule has 1 aliphatic carbocycles. The number of allylic oxidation sites excluding steroid dienone is 1. The predicted molar refractivity (Wildman–Crippen MR) is 61.3 cm³/mol. The van der Waals surface area contributed by atoms with E-state index in [0.29, 0.717) is 6.04 Å². The van der Waals surface area contributed by atoms with Crippen molar-refractivity contribution < 1.29 is 0 Å². The van der Waals surface area contributed by atoms with Crippen LogP contribution in [0.15, 0.2) is 30.6 Å². The zero-order chi connectivity index (χ0) is 10.1. The Bertz CT molecular complexity index is 369. The maximum absolute atomic E-state index is 4.20. The zero-order valence-electron chi connectivity index (χ0n) is 8.82. The highest BCUT2D eigenvalue weighted by molar-refractivity contribution is 5.71. The van der Waals surface area contributed by atoms with Crippen LogP contribution in [0.2, 0.25) is 0 Å². The van der Waals surface area contributed by atoms with E-state index >= 15 is 0 Å². The summed E-state index contributed by atoms with van der Waals surface area (Å²) in [5.41, 5.74) is 2.76. The number of pyridine rings is 1. The largest absolute Gasteiger partial charge is 0.310 e. The van der Waals surface area contributed by atoms with Crippen molar-refractivity contribution in [1.29, 1.82) is 0 Å². The lowest BCUT2D eigenvalue weighted by Gasteiger charge is -2.29. The third kappa shape index (κ3) is 1.59. The first kappa shape index (κ1) is 9.10. The Kier molecular flexibility index (Phi) is 2.29. The molecule has 0 saturated carbocycles. The van der Waals surface area contributed by atoms with Gasteiger partial charge in [0.05, 0.1) is 0 Å². The van der Waals surface area contributed by atoms with Gasteiger partial charge >= 0.3 is 0 Å². The molecule has 2 unspecified atom stereocenters. The summed E-state index contributed by atoms with van der Waals surface area (Å²) in [7, 11) is 0. The van der Waals surface area contributed by atoms with Gasteiger partial charge in [0.25, 0.3) is 0 Å². The van der Waals surface area contributed by atoms with Crippen LogP contribution >= 0.6 is 0 Å². The Morgan fingerprint density at radius 1 is 1.40 bits per heavy atom. The second-order valence-corrected chi connectivity index (χ2v) is 4.47. The van der Waals surface area contributed by atoms with Crippen LogP contribution in [0.5, 0.6) is 0 Å². The van der Waals surface area contributed by atoms with E-state index in [0.717, 1.165) is 5.92 Å². The number of hydrogen-bond donors (Lipinski definition) is 1. The van der Waals surface area contributed by atoms with Gasteiger partial charge in [-0.3, -0.25) is 4.98 Å². The van der Waals surface area contributed by atoms with Gasteiger partial charge in [-0.05, 0) is 48.9 Å². The van der Waals surface area contributed by atoms with Crippen LogP contribution in [-0.2, 0) is 0 Å². The summed E-state index contributed by atoms with van der Waals surface area (Å²) in [6.07, 6.45) is 10.1. The summed E-state index contributed by atoms with van der Waals surface area (Å²) in [6, 6.07) is 4.77. The quantitative estimate of drug-likeness (QED) is 0.752. The number of piperidine rings is 1. The molecule has 0 aromatic carbocycles. The average Bonchev–Trinajstić information content (AvgIpc) is 2.74. The predicted octanol–water partition coefficient (Wildman–Crippen LogP) is 2.24. The van der Waals surface area contributed by atoms with E-state index in [1.54, 1.807) is 0 Å². The topological polar surface area (TPSA) is 24.9 Å². The summed E-state index contributed by atoms with van der Waals surface area (Å²) >= 11 is 0. The lowest BCUT2D eigenvalue weighted by atomic mass is 9.89. The number of nitrogens with zero attached hydrogens (tertiary/aromatic N) is 1. The maximum atomic E-state index is 4.20.